The van der Waals surface area contributed by atoms with E-state index < -0.39 is 47.9 Å². The number of likely N-dealkylation sites (tertiary alicyclic amines) is 1. The van der Waals surface area contributed by atoms with E-state index in [0.29, 0.717) is 43.5 Å². The van der Waals surface area contributed by atoms with Crippen molar-refractivity contribution in [1.29, 1.82) is 0 Å². The molecule has 212 valence electrons. The van der Waals surface area contributed by atoms with Crippen molar-refractivity contribution in [3.63, 3.8) is 0 Å². The van der Waals surface area contributed by atoms with Crippen LogP contribution in [0.5, 0.6) is 5.75 Å². The number of carboxylic acids is 1. The molecule has 1 aliphatic heterocycles. The zero-order valence-corrected chi connectivity index (χ0v) is 21.7. The molecule has 1 fully saturated rings. The monoisotopic (exact) mass is 543 g/mol. The molecule has 13 nitrogen and oxygen atoms in total. The van der Waals surface area contributed by atoms with Gasteiger partial charge in [-0.25, -0.2) is 9.78 Å². The van der Waals surface area contributed by atoms with Crippen molar-refractivity contribution in [1.82, 2.24) is 25.5 Å². The van der Waals surface area contributed by atoms with E-state index in [-0.39, 0.29) is 25.1 Å². The van der Waals surface area contributed by atoms with Gasteiger partial charge < -0.3 is 42.2 Å². The van der Waals surface area contributed by atoms with Crippen LogP contribution < -0.4 is 22.1 Å². The Hall–Kier alpha value is -3.97. The first-order valence-electron chi connectivity index (χ1n) is 13.0. The number of benzene rings is 1. The Morgan fingerprint density at radius 1 is 1.10 bits per heavy atom. The van der Waals surface area contributed by atoms with Gasteiger partial charge in [-0.2, -0.15) is 0 Å². The van der Waals surface area contributed by atoms with Gasteiger partial charge in [0.15, 0.2) is 0 Å². The Kier molecular flexibility index (Phi) is 10.8. The van der Waals surface area contributed by atoms with E-state index >= 15 is 0 Å². The third-order valence-electron chi connectivity index (χ3n) is 6.73. The molecule has 0 saturated carbocycles. The van der Waals surface area contributed by atoms with Crippen LogP contribution in [0.1, 0.15) is 43.4 Å². The molecule has 0 spiro atoms. The number of carboxylic acid groups (broad SMARTS) is 1. The number of aromatic amines is 1. The normalized spacial score (nSPS) is 17.3. The van der Waals surface area contributed by atoms with Crippen molar-refractivity contribution < 1.29 is 29.4 Å². The fourth-order valence-electron chi connectivity index (χ4n) is 4.57. The lowest BCUT2D eigenvalue weighted by molar-refractivity contribution is -0.144. The van der Waals surface area contributed by atoms with Crippen molar-refractivity contribution in [2.45, 2.75) is 69.1 Å². The number of nitrogens with two attached hydrogens (primary N) is 2. The number of nitrogens with one attached hydrogen (secondary N) is 3. The number of carbonyl (C=O) groups is 4. The Bertz CT molecular complexity index is 1110. The SMILES string of the molecule is NCCCCC(N)C(=O)NC(Cc1cnc[nH]1)C(=O)N1CCCC1C(=O)NC(Cc1ccc(O)cc1)C(=O)O. The maximum Gasteiger partial charge on any atom is 0.326 e. The maximum atomic E-state index is 13.6. The summed E-state index contributed by atoms with van der Waals surface area (Å²) in [6.45, 7) is 0.774. The molecule has 1 aromatic carbocycles. The quantitative estimate of drug-likeness (QED) is 0.151. The average Bonchev–Trinajstić information content (AvgIpc) is 3.61. The Morgan fingerprint density at radius 2 is 1.85 bits per heavy atom. The Morgan fingerprint density at radius 3 is 2.49 bits per heavy atom. The van der Waals surface area contributed by atoms with Crippen LogP contribution >= 0.6 is 0 Å². The molecule has 4 atom stereocenters. The number of imidazole rings is 1. The van der Waals surface area contributed by atoms with Gasteiger partial charge in [0.1, 0.15) is 23.9 Å². The minimum atomic E-state index is -1.23. The number of aromatic hydroxyl groups is 1. The molecule has 2 aromatic rings. The molecule has 9 N–H and O–H groups in total. The summed E-state index contributed by atoms with van der Waals surface area (Å²) in [7, 11) is 0. The molecule has 1 saturated heterocycles. The molecule has 0 radical (unpaired) electrons. The molecular formula is C26H37N7O6. The van der Waals surface area contributed by atoms with Crippen molar-refractivity contribution in [3.8, 4) is 5.75 Å². The predicted octanol–water partition coefficient (Wildman–Crippen LogP) is -0.598. The number of hydrogen-bond acceptors (Lipinski definition) is 8. The smallest absolute Gasteiger partial charge is 0.326 e. The zero-order chi connectivity index (χ0) is 28.4. The van der Waals surface area contributed by atoms with Crippen LogP contribution in [-0.4, -0.2) is 86.0 Å². The summed E-state index contributed by atoms with van der Waals surface area (Å²) in [5, 5.41) is 24.4. The van der Waals surface area contributed by atoms with Gasteiger partial charge in [0.05, 0.1) is 12.4 Å². The highest BCUT2D eigenvalue weighted by Crippen LogP contribution is 2.20. The van der Waals surface area contributed by atoms with Gasteiger partial charge in [-0.1, -0.05) is 18.6 Å². The summed E-state index contributed by atoms with van der Waals surface area (Å²) in [6.07, 6.45) is 5.84. The largest absolute Gasteiger partial charge is 0.508 e. The molecule has 4 unspecified atom stereocenters. The van der Waals surface area contributed by atoms with E-state index in [9.17, 15) is 29.4 Å². The number of rotatable bonds is 14. The molecule has 39 heavy (non-hydrogen) atoms. The van der Waals surface area contributed by atoms with E-state index in [1.54, 1.807) is 18.3 Å². The van der Waals surface area contributed by atoms with Crippen molar-refractivity contribution in [3.05, 3.63) is 48.0 Å². The third-order valence-corrected chi connectivity index (χ3v) is 6.73. The molecule has 3 amide bonds. The molecular weight excluding hydrogens is 506 g/mol. The number of phenols is 1. The van der Waals surface area contributed by atoms with Gasteiger partial charge in [0.25, 0.3) is 0 Å². The number of aromatic nitrogens is 2. The Balaban J connectivity index is 1.70. The lowest BCUT2D eigenvalue weighted by atomic mass is 10.0. The number of amides is 3. The van der Waals surface area contributed by atoms with Crippen LogP contribution in [0.25, 0.3) is 0 Å². The van der Waals surface area contributed by atoms with Crippen LogP contribution in [-0.2, 0) is 32.0 Å². The second kappa shape index (κ2) is 14.3. The highest BCUT2D eigenvalue weighted by atomic mass is 16.4. The predicted molar refractivity (Wildman–Crippen MR) is 141 cm³/mol. The average molecular weight is 544 g/mol. The number of carbonyl (C=O) groups excluding carboxylic acids is 3. The summed E-state index contributed by atoms with van der Waals surface area (Å²) in [6, 6.07) is 2.09. The lowest BCUT2D eigenvalue weighted by Gasteiger charge is -2.30. The fourth-order valence-corrected chi connectivity index (χ4v) is 4.57. The van der Waals surface area contributed by atoms with Crippen molar-refractivity contribution in [2.24, 2.45) is 11.5 Å². The van der Waals surface area contributed by atoms with Gasteiger partial charge in [-0.05, 0) is 49.9 Å². The van der Waals surface area contributed by atoms with E-state index in [1.165, 1.54) is 23.4 Å². The molecule has 1 aromatic heterocycles. The maximum absolute atomic E-state index is 13.6. The van der Waals surface area contributed by atoms with E-state index in [0.717, 1.165) is 6.42 Å². The molecule has 3 rings (SSSR count). The number of aliphatic carboxylic acids is 1. The van der Waals surface area contributed by atoms with Crippen LogP contribution in [0.15, 0.2) is 36.8 Å². The second-order valence-electron chi connectivity index (χ2n) is 9.69. The molecule has 0 aliphatic carbocycles. The van der Waals surface area contributed by atoms with Gasteiger partial charge in [-0.3, -0.25) is 14.4 Å². The first-order chi connectivity index (χ1) is 18.7. The summed E-state index contributed by atoms with van der Waals surface area (Å²) in [4.78, 5) is 59.8. The summed E-state index contributed by atoms with van der Waals surface area (Å²) in [5.74, 6) is -2.71. The zero-order valence-electron chi connectivity index (χ0n) is 21.7. The number of phenolic OH excluding ortho intramolecular Hbond substituents is 1. The van der Waals surface area contributed by atoms with Crippen LogP contribution in [0.4, 0.5) is 0 Å². The van der Waals surface area contributed by atoms with Crippen molar-refractivity contribution >= 4 is 23.7 Å². The molecule has 1 aliphatic rings. The minimum absolute atomic E-state index is 0.00255. The fraction of sp³-hybridized carbons (Fsp3) is 0.500. The van der Waals surface area contributed by atoms with E-state index in [4.69, 9.17) is 11.5 Å². The molecule has 2 heterocycles. The van der Waals surface area contributed by atoms with Gasteiger partial charge in [-0.15, -0.1) is 0 Å². The van der Waals surface area contributed by atoms with E-state index in [2.05, 4.69) is 20.6 Å². The summed E-state index contributed by atoms with van der Waals surface area (Å²) < 4.78 is 0. The number of hydrogen-bond donors (Lipinski definition) is 7. The minimum Gasteiger partial charge on any atom is -0.508 e. The third kappa shape index (κ3) is 8.52. The lowest BCUT2D eigenvalue weighted by Crippen LogP contribution is -2.57. The standard InChI is InChI=1S/C26H37N7O6/c27-10-2-1-4-19(28)23(35)31-20(13-17-14-29-15-30-17)25(37)33-11-3-5-22(33)24(36)32-21(26(38)39)12-16-6-8-18(34)9-7-16/h6-9,14-15,19-22,34H,1-5,10-13,27-28H2,(H,29,30)(H,31,35)(H,32,36)(H,38,39). The topological polar surface area (TPSA) is 217 Å². The second-order valence-corrected chi connectivity index (χ2v) is 9.69. The first-order valence-corrected chi connectivity index (χ1v) is 13.0. The highest BCUT2D eigenvalue weighted by Gasteiger charge is 2.39. The number of nitrogens with zero attached hydrogens (tertiary/aromatic N) is 2. The molecule has 13 heteroatoms. The van der Waals surface area contributed by atoms with Gasteiger partial charge >= 0.3 is 5.97 Å². The highest BCUT2D eigenvalue weighted by molar-refractivity contribution is 5.94. The Labute approximate surface area is 226 Å². The van der Waals surface area contributed by atoms with Gasteiger partial charge in [0, 0.05) is 31.3 Å². The number of unbranched alkanes of at least 4 members (excludes halogenated alkanes) is 1. The van der Waals surface area contributed by atoms with Crippen molar-refractivity contribution in [2.75, 3.05) is 13.1 Å². The van der Waals surface area contributed by atoms with E-state index in [1.807, 2.05) is 0 Å². The first kappa shape index (κ1) is 29.6. The van der Waals surface area contributed by atoms with Crippen LogP contribution in [0, 0.1) is 0 Å². The van der Waals surface area contributed by atoms with Crippen LogP contribution in [0.3, 0.4) is 0 Å². The summed E-state index contributed by atoms with van der Waals surface area (Å²) >= 11 is 0. The summed E-state index contributed by atoms with van der Waals surface area (Å²) in [5.41, 5.74) is 12.8. The molecule has 0 bridgehead atoms. The number of H-pyrrole nitrogens is 1. The van der Waals surface area contributed by atoms with Crippen LogP contribution in [0.2, 0.25) is 0 Å². The van der Waals surface area contributed by atoms with Gasteiger partial charge in [0.2, 0.25) is 17.7 Å².